The molecule has 2 N–H and O–H groups in total. The highest BCUT2D eigenvalue weighted by atomic mass is 35.5. The van der Waals surface area contributed by atoms with Crippen molar-refractivity contribution in [3.63, 3.8) is 0 Å². The molecule has 0 saturated carbocycles. The van der Waals surface area contributed by atoms with E-state index in [0.717, 1.165) is 16.8 Å². The molecule has 0 bridgehead atoms. The number of halogens is 1. The highest BCUT2D eigenvalue weighted by Gasteiger charge is 2.13. The van der Waals surface area contributed by atoms with Gasteiger partial charge in [-0.05, 0) is 48.9 Å². The summed E-state index contributed by atoms with van der Waals surface area (Å²) in [5.74, 6) is 2.24. The van der Waals surface area contributed by atoms with Gasteiger partial charge >= 0.3 is 0 Å². The van der Waals surface area contributed by atoms with Crippen molar-refractivity contribution in [1.29, 1.82) is 0 Å². The predicted molar refractivity (Wildman–Crippen MR) is 111 cm³/mol. The lowest BCUT2D eigenvalue weighted by atomic mass is 10.1. The minimum absolute atomic E-state index is 0.0576. The van der Waals surface area contributed by atoms with E-state index in [9.17, 15) is 4.79 Å². The maximum atomic E-state index is 12.0. The summed E-state index contributed by atoms with van der Waals surface area (Å²) < 4.78 is 16.3. The highest BCUT2D eigenvalue weighted by molar-refractivity contribution is 6.30. The minimum Gasteiger partial charge on any atom is -0.455 e. The van der Waals surface area contributed by atoms with Gasteiger partial charge in [-0.25, -0.2) is 5.43 Å². The molecule has 0 aliphatic carbocycles. The number of furan rings is 1. The molecule has 1 aliphatic rings. The van der Waals surface area contributed by atoms with Crippen LogP contribution in [0, 0.1) is 6.92 Å². The number of carbonyl (C=O) groups is 1. The number of ether oxygens (including phenoxy) is 2. The Morgan fingerprint density at radius 2 is 2.00 bits per heavy atom. The van der Waals surface area contributed by atoms with Crippen molar-refractivity contribution in [1.82, 2.24) is 5.43 Å². The van der Waals surface area contributed by atoms with E-state index in [1.165, 1.54) is 6.21 Å². The molecule has 0 saturated heterocycles. The number of carbonyl (C=O) groups excluding carboxylic acids is 1. The fourth-order valence-electron chi connectivity index (χ4n) is 2.82. The maximum absolute atomic E-state index is 12.0. The van der Waals surface area contributed by atoms with Crippen LogP contribution >= 0.6 is 11.6 Å². The minimum atomic E-state index is -0.295. The number of rotatable bonds is 6. The van der Waals surface area contributed by atoms with Gasteiger partial charge in [-0.15, -0.1) is 0 Å². The lowest BCUT2D eigenvalue weighted by molar-refractivity contribution is -0.119. The Labute approximate surface area is 172 Å². The van der Waals surface area contributed by atoms with E-state index in [1.54, 1.807) is 18.2 Å². The summed E-state index contributed by atoms with van der Waals surface area (Å²) in [4.78, 5) is 12.0. The number of nitrogens with one attached hydrogen (secondary N) is 2. The lowest BCUT2D eigenvalue weighted by Gasteiger charge is -2.06. The standard InChI is InChI=1S/C21H18ClN3O4/c1-13-2-3-14(22)8-17(13)18-7-5-16(29-18)10-24-25-21(26)11-23-15-4-6-19-20(9-15)28-12-27-19/h2-10,23H,11-12H2,1H3,(H,25,26)/b24-10-. The molecule has 1 amide bonds. The smallest absolute Gasteiger partial charge is 0.259 e. The van der Waals surface area contributed by atoms with Gasteiger partial charge in [-0.1, -0.05) is 17.7 Å². The van der Waals surface area contributed by atoms with Crippen LogP contribution in [0.25, 0.3) is 11.3 Å². The van der Waals surface area contributed by atoms with Gasteiger partial charge in [0.2, 0.25) is 6.79 Å². The first-order valence-electron chi connectivity index (χ1n) is 8.90. The van der Waals surface area contributed by atoms with Gasteiger partial charge in [-0.3, -0.25) is 4.79 Å². The van der Waals surface area contributed by atoms with Crippen LogP contribution in [0.4, 0.5) is 5.69 Å². The second-order valence-corrected chi connectivity index (χ2v) is 6.81. The van der Waals surface area contributed by atoms with Crippen molar-refractivity contribution >= 4 is 29.4 Å². The molecule has 148 valence electrons. The Kier molecular flexibility index (Phi) is 5.39. The molecule has 1 aliphatic heterocycles. The average Bonchev–Trinajstić information content (AvgIpc) is 3.37. The Morgan fingerprint density at radius 3 is 2.90 bits per heavy atom. The first-order valence-corrected chi connectivity index (χ1v) is 9.28. The number of hydrogen-bond donors (Lipinski definition) is 2. The third-order valence-electron chi connectivity index (χ3n) is 4.30. The molecule has 0 radical (unpaired) electrons. The van der Waals surface area contributed by atoms with Crippen LogP contribution in [0.15, 0.2) is 58.0 Å². The van der Waals surface area contributed by atoms with Gasteiger partial charge in [-0.2, -0.15) is 5.10 Å². The molecule has 29 heavy (non-hydrogen) atoms. The van der Waals surface area contributed by atoms with Crippen molar-refractivity contribution in [3.05, 3.63) is 64.9 Å². The molecular formula is C21H18ClN3O4. The van der Waals surface area contributed by atoms with Gasteiger partial charge in [0.25, 0.3) is 5.91 Å². The maximum Gasteiger partial charge on any atom is 0.259 e. The highest BCUT2D eigenvalue weighted by Crippen LogP contribution is 2.34. The van der Waals surface area contributed by atoms with E-state index in [0.29, 0.717) is 28.0 Å². The number of hydrazone groups is 1. The zero-order chi connectivity index (χ0) is 20.2. The van der Waals surface area contributed by atoms with Crippen LogP contribution in [-0.4, -0.2) is 25.5 Å². The van der Waals surface area contributed by atoms with Crippen LogP contribution in [0.5, 0.6) is 11.5 Å². The summed E-state index contributed by atoms with van der Waals surface area (Å²) in [6.07, 6.45) is 1.45. The second-order valence-electron chi connectivity index (χ2n) is 6.38. The molecule has 0 fully saturated rings. The van der Waals surface area contributed by atoms with Crippen LogP contribution in [-0.2, 0) is 4.79 Å². The Bertz CT molecular complexity index is 1080. The van der Waals surface area contributed by atoms with E-state index in [-0.39, 0.29) is 19.2 Å². The average molecular weight is 412 g/mol. The lowest BCUT2D eigenvalue weighted by Crippen LogP contribution is -2.25. The van der Waals surface area contributed by atoms with Gasteiger partial charge in [0.15, 0.2) is 11.5 Å². The first kappa shape index (κ1) is 18.9. The zero-order valence-electron chi connectivity index (χ0n) is 15.6. The predicted octanol–water partition coefficient (Wildman–Crippen LogP) is 4.20. The monoisotopic (exact) mass is 411 g/mol. The molecule has 0 atom stereocenters. The number of amides is 1. The van der Waals surface area contributed by atoms with E-state index < -0.39 is 0 Å². The number of anilines is 1. The van der Waals surface area contributed by atoms with Gasteiger partial charge in [0.05, 0.1) is 12.8 Å². The number of fused-ring (bicyclic) bond motifs is 1. The molecule has 0 unspecified atom stereocenters. The number of hydrogen-bond acceptors (Lipinski definition) is 6. The van der Waals surface area contributed by atoms with Crippen LogP contribution in [0.2, 0.25) is 5.02 Å². The van der Waals surface area contributed by atoms with Gasteiger partial charge in [0.1, 0.15) is 11.5 Å². The summed E-state index contributed by atoms with van der Waals surface area (Å²) in [6, 6.07) is 14.6. The fourth-order valence-corrected chi connectivity index (χ4v) is 3.00. The molecule has 2 heterocycles. The summed E-state index contributed by atoms with van der Waals surface area (Å²) in [5.41, 5.74) is 5.17. The molecule has 7 nitrogen and oxygen atoms in total. The van der Waals surface area contributed by atoms with Crippen molar-refractivity contribution in [2.45, 2.75) is 6.92 Å². The molecule has 0 spiro atoms. The van der Waals surface area contributed by atoms with Crippen LogP contribution in [0.3, 0.4) is 0 Å². The molecule has 8 heteroatoms. The zero-order valence-corrected chi connectivity index (χ0v) is 16.3. The quantitative estimate of drug-likeness (QED) is 0.469. The molecule has 4 rings (SSSR count). The SMILES string of the molecule is Cc1ccc(Cl)cc1-c1ccc(/C=N\NC(=O)CNc2ccc3c(c2)OCO3)o1. The first-order chi connectivity index (χ1) is 14.1. The normalized spacial score (nSPS) is 12.3. The topological polar surface area (TPSA) is 85.1 Å². The summed E-state index contributed by atoms with van der Waals surface area (Å²) in [6.45, 7) is 2.25. The molecule has 3 aromatic rings. The number of benzene rings is 2. The fraction of sp³-hybridized carbons (Fsp3) is 0.143. The number of nitrogens with zero attached hydrogens (tertiary/aromatic N) is 1. The Balaban J connectivity index is 1.30. The summed E-state index contributed by atoms with van der Waals surface area (Å²) in [5, 5.41) is 7.57. The van der Waals surface area contributed by atoms with Crippen molar-refractivity contribution in [2.75, 3.05) is 18.7 Å². The third kappa shape index (κ3) is 4.52. The summed E-state index contributed by atoms with van der Waals surface area (Å²) in [7, 11) is 0. The van der Waals surface area contributed by atoms with Crippen molar-refractivity contribution in [3.8, 4) is 22.8 Å². The summed E-state index contributed by atoms with van der Waals surface area (Å²) >= 11 is 6.06. The van der Waals surface area contributed by atoms with Crippen molar-refractivity contribution < 1.29 is 18.7 Å². The van der Waals surface area contributed by atoms with Gasteiger partial charge < -0.3 is 19.2 Å². The second kappa shape index (κ2) is 8.28. The van der Waals surface area contributed by atoms with E-state index in [4.69, 9.17) is 25.5 Å². The Hall–Kier alpha value is -3.45. The molecular weight excluding hydrogens is 394 g/mol. The van der Waals surface area contributed by atoms with E-state index in [1.807, 2.05) is 37.3 Å². The van der Waals surface area contributed by atoms with Gasteiger partial charge in [0, 0.05) is 22.3 Å². The third-order valence-corrected chi connectivity index (χ3v) is 4.53. The van der Waals surface area contributed by atoms with E-state index in [2.05, 4.69) is 15.8 Å². The number of aryl methyl sites for hydroxylation is 1. The molecule has 2 aromatic carbocycles. The molecule has 1 aromatic heterocycles. The van der Waals surface area contributed by atoms with E-state index >= 15 is 0 Å². The van der Waals surface area contributed by atoms with Crippen molar-refractivity contribution in [2.24, 2.45) is 5.10 Å². The largest absolute Gasteiger partial charge is 0.455 e. The Morgan fingerprint density at radius 1 is 1.14 bits per heavy atom. The van der Waals surface area contributed by atoms with Crippen LogP contribution < -0.4 is 20.2 Å². The van der Waals surface area contributed by atoms with Crippen LogP contribution in [0.1, 0.15) is 11.3 Å².